The number of rotatable bonds is 11. The van der Waals surface area contributed by atoms with E-state index >= 15 is 0 Å². The highest BCUT2D eigenvalue weighted by Crippen LogP contribution is 2.35. The predicted molar refractivity (Wildman–Crippen MR) is 151 cm³/mol. The Morgan fingerprint density at radius 3 is 2.40 bits per heavy atom. The van der Waals surface area contributed by atoms with Crippen LogP contribution in [0.5, 0.6) is 11.5 Å². The summed E-state index contributed by atoms with van der Waals surface area (Å²) in [4.78, 5) is 13.4. The zero-order chi connectivity index (χ0) is 30.1. The van der Waals surface area contributed by atoms with E-state index in [0.717, 1.165) is 31.2 Å². The minimum Gasteiger partial charge on any atom is -0.493 e. The van der Waals surface area contributed by atoms with Crippen molar-refractivity contribution in [2.75, 3.05) is 19.5 Å². The van der Waals surface area contributed by atoms with Gasteiger partial charge < -0.3 is 18.2 Å². The minimum atomic E-state index is -4.51. The van der Waals surface area contributed by atoms with Crippen LogP contribution in [0.3, 0.4) is 0 Å². The van der Waals surface area contributed by atoms with E-state index in [4.69, 9.17) is 13.7 Å². The molecule has 1 heterocycles. The van der Waals surface area contributed by atoms with Crippen LogP contribution in [0, 0.1) is 5.92 Å². The standard InChI is InChI=1S/C31H30F3NO6S/c1-3-39-30(36)29-27(16-21-7-6-8-23(13-21)31(32,33)34)26-9-4-5-10-28(26)35(29)18-22-14-24(40-19-20-11-12-20)17-25(15-22)41-42(2,37)38/h4-10,13-15,17,20H,3,11-12,16,18-19H2,1-2H3. The number of hydrogen-bond donors (Lipinski definition) is 0. The van der Waals surface area contributed by atoms with Crippen LogP contribution < -0.4 is 8.92 Å². The lowest BCUT2D eigenvalue weighted by Gasteiger charge is -2.15. The first-order valence-corrected chi connectivity index (χ1v) is 15.3. The van der Waals surface area contributed by atoms with Crippen LogP contribution in [0.2, 0.25) is 0 Å². The molecule has 1 saturated carbocycles. The number of ether oxygens (including phenoxy) is 2. The summed E-state index contributed by atoms with van der Waals surface area (Å²) in [6, 6.07) is 17.1. The third kappa shape index (κ3) is 7.07. The quantitative estimate of drug-likeness (QED) is 0.142. The van der Waals surface area contributed by atoms with E-state index in [1.54, 1.807) is 41.8 Å². The second-order valence-corrected chi connectivity index (χ2v) is 12.0. The summed E-state index contributed by atoms with van der Waals surface area (Å²) in [6.45, 7) is 2.37. The summed E-state index contributed by atoms with van der Waals surface area (Å²) in [7, 11) is -3.83. The third-order valence-corrected chi connectivity index (χ3v) is 7.39. The molecule has 0 N–H and O–H groups in total. The Labute approximate surface area is 241 Å². The van der Waals surface area contributed by atoms with Crippen LogP contribution >= 0.6 is 0 Å². The van der Waals surface area contributed by atoms with Crippen molar-refractivity contribution >= 4 is 27.0 Å². The van der Waals surface area contributed by atoms with Crippen LogP contribution in [0.4, 0.5) is 13.2 Å². The van der Waals surface area contributed by atoms with E-state index in [1.165, 1.54) is 12.1 Å². The molecule has 42 heavy (non-hydrogen) atoms. The van der Waals surface area contributed by atoms with E-state index in [1.807, 2.05) is 12.1 Å². The summed E-state index contributed by atoms with van der Waals surface area (Å²) in [5.41, 5.74) is 1.60. The molecule has 222 valence electrons. The Morgan fingerprint density at radius 1 is 0.976 bits per heavy atom. The zero-order valence-corrected chi connectivity index (χ0v) is 23.9. The molecule has 0 bridgehead atoms. The Kier molecular flexibility index (Phi) is 8.23. The summed E-state index contributed by atoms with van der Waals surface area (Å²) >= 11 is 0. The van der Waals surface area contributed by atoms with Gasteiger partial charge in [-0.15, -0.1) is 0 Å². The zero-order valence-electron chi connectivity index (χ0n) is 23.1. The molecule has 0 saturated heterocycles. The second kappa shape index (κ2) is 11.7. The highest BCUT2D eigenvalue weighted by molar-refractivity contribution is 7.86. The fraction of sp³-hybridized carbons (Fsp3) is 0.323. The van der Waals surface area contributed by atoms with Gasteiger partial charge in [-0.1, -0.05) is 36.4 Å². The maximum Gasteiger partial charge on any atom is 0.416 e. The van der Waals surface area contributed by atoms with E-state index in [9.17, 15) is 26.4 Å². The van der Waals surface area contributed by atoms with E-state index in [-0.39, 0.29) is 31.0 Å². The molecular weight excluding hydrogens is 571 g/mol. The maximum atomic E-state index is 13.4. The Bertz CT molecular complexity index is 1720. The molecule has 0 spiro atoms. The van der Waals surface area contributed by atoms with Gasteiger partial charge in [-0.3, -0.25) is 0 Å². The van der Waals surface area contributed by atoms with Gasteiger partial charge in [-0.25, -0.2) is 4.79 Å². The topological polar surface area (TPSA) is 83.8 Å². The first-order valence-electron chi connectivity index (χ1n) is 13.5. The second-order valence-electron chi connectivity index (χ2n) is 10.4. The lowest BCUT2D eigenvalue weighted by molar-refractivity contribution is -0.137. The molecule has 0 atom stereocenters. The third-order valence-electron chi connectivity index (χ3n) is 6.89. The molecule has 1 aliphatic rings. The van der Waals surface area contributed by atoms with Gasteiger partial charge in [-0.05, 0) is 66.6 Å². The lowest BCUT2D eigenvalue weighted by Crippen LogP contribution is -2.15. The highest BCUT2D eigenvalue weighted by atomic mass is 32.2. The van der Waals surface area contributed by atoms with E-state index in [2.05, 4.69) is 0 Å². The predicted octanol–water partition coefficient (Wildman–Crippen LogP) is 6.60. The van der Waals surface area contributed by atoms with Crippen LogP contribution in [0.1, 0.15) is 52.5 Å². The molecule has 0 aliphatic heterocycles. The van der Waals surface area contributed by atoms with Crippen molar-refractivity contribution in [2.45, 2.75) is 38.9 Å². The van der Waals surface area contributed by atoms with Gasteiger partial charge in [0.1, 0.15) is 17.2 Å². The fourth-order valence-electron chi connectivity index (χ4n) is 4.92. The summed E-state index contributed by atoms with van der Waals surface area (Å²) in [5, 5.41) is 0.687. The average Bonchev–Trinajstić information content (AvgIpc) is 3.70. The van der Waals surface area contributed by atoms with E-state index in [0.29, 0.717) is 45.9 Å². The van der Waals surface area contributed by atoms with Crippen molar-refractivity contribution in [3.8, 4) is 11.5 Å². The van der Waals surface area contributed by atoms with Crippen LogP contribution in [-0.4, -0.2) is 38.4 Å². The van der Waals surface area contributed by atoms with E-state index < -0.39 is 27.8 Å². The largest absolute Gasteiger partial charge is 0.493 e. The van der Waals surface area contributed by atoms with Gasteiger partial charge in [0.2, 0.25) is 0 Å². The van der Waals surface area contributed by atoms with Crippen molar-refractivity contribution in [2.24, 2.45) is 5.92 Å². The number of esters is 1. The number of para-hydroxylation sites is 1. The van der Waals surface area contributed by atoms with Crippen molar-refractivity contribution < 1.29 is 40.0 Å². The molecule has 0 unspecified atom stereocenters. The first kappa shape index (κ1) is 29.5. The van der Waals surface area contributed by atoms with Gasteiger partial charge in [0, 0.05) is 29.9 Å². The Morgan fingerprint density at radius 2 is 1.71 bits per heavy atom. The maximum absolute atomic E-state index is 13.4. The number of alkyl halides is 3. The number of fused-ring (bicyclic) bond motifs is 1. The lowest BCUT2D eigenvalue weighted by atomic mass is 10.00. The molecule has 7 nitrogen and oxygen atoms in total. The van der Waals surface area contributed by atoms with Gasteiger partial charge in [0.25, 0.3) is 0 Å². The van der Waals surface area contributed by atoms with Crippen molar-refractivity contribution in [3.63, 3.8) is 0 Å². The molecule has 5 rings (SSSR count). The summed E-state index contributed by atoms with van der Waals surface area (Å²) in [6.07, 6.45) is -1.37. The normalized spacial score (nSPS) is 13.7. The van der Waals surface area contributed by atoms with Crippen molar-refractivity contribution in [1.82, 2.24) is 4.57 Å². The van der Waals surface area contributed by atoms with Gasteiger partial charge in [-0.2, -0.15) is 21.6 Å². The first-order chi connectivity index (χ1) is 19.9. The molecule has 3 aromatic carbocycles. The van der Waals surface area contributed by atoms with Gasteiger partial charge in [0.15, 0.2) is 0 Å². The van der Waals surface area contributed by atoms with Crippen molar-refractivity contribution in [1.29, 1.82) is 0 Å². The number of carbonyl (C=O) groups is 1. The number of nitrogens with zero attached hydrogens (tertiary/aromatic N) is 1. The Balaban J connectivity index is 1.61. The number of hydrogen-bond acceptors (Lipinski definition) is 6. The minimum absolute atomic E-state index is 0.0541. The van der Waals surface area contributed by atoms with Crippen LogP contribution in [0.25, 0.3) is 10.9 Å². The van der Waals surface area contributed by atoms with Gasteiger partial charge >= 0.3 is 22.3 Å². The number of aromatic nitrogens is 1. The van der Waals surface area contributed by atoms with Crippen molar-refractivity contribution in [3.05, 3.63) is 94.7 Å². The smallest absolute Gasteiger partial charge is 0.416 e. The number of carbonyl (C=O) groups excluding carboxylic acids is 1. The SMILES string of the molecule is CCOC(=O)c1c(Cc2cccc(C(F)(F)F)c2)c2ccccc2n1Cc1cc(OCC2CC2)cc(OS(C)(=O)=O)c1. The van der Waals surface area contributed by atoms with Gasteiger partial charge in [0.05, 0.1) is 25.0 Å². The molecule has 0 radical (unpaired) electrons. The monoisotopic (exact) mass is 601 g/mol. The summed E-state index contributed by atoms with van der Waals surface area (Å²) in [5.74, 6) is 0.329. The molecule has 0 amide bonds. The molecule has 4 aromatic rings. The van der Waals surface area contributed by atoms with Crippen LogP contribution in [-0.2, 0) is 34.0 Å². The summed E-state index contributed by atoms with van der Waals surface area (Å²) < 4.78 is 82.4. The molecule has 1 aromatic heterocycles. The molecule has 11 heteroatoms. The number of benzene rings is 3. The molecular formula is C31H30F3NO6S. The molecule has 1 fully saturated rings. The number of halogens is 3. The highest BCUT2D eigenvalue weighted by Gasteiger charge is 2.31. The fourth-order valence-corrected chi connectivity index (χ4v) is 5.37. The molecule has 1 aliphatic carbocycles. The average molecular weight is 602 g/mol. The van der Waals surface area contributed by atoms with Crippen LogP contribution in [0.15, 0.2) is 66.7 Å². The Hall–Kier alpha value is -3.99.